The quantitative estimate of drug-likeness (QED) is 0.718. The fourth-order valence-corrected chi connectivity index (χ4v) is 5.32. The third kappa shape index (κ3) is 3.66. The molecule has 4 heterocycles. The van der Waals surface area contributed by atoms with Gasteiger partial charge < -0.3 is 21.3 Å². The first-order valence-electron chi connectivity index (χ1n) is 9.49. The van der Waals surface area contributed by atoms with Crippen LogP contribution in [0.15, 0.2) is 0 Å². The highest BCUT2D eigenvalue weighted by atomic mass is 15.2. The van der Waals surface area contributed by atoms with Crippen molar-refractivity contribution in [3.63, 3.8) is 0 Å². The zero-order valence-electron chi connectivity index (χ0n) is 14.6. The summed E-state index contributed by atoms with van der Waals surface area (Å²) in [6.45, 7) is 0. The van der Waals surface area contributed by atoms with Crippen molar-refractivity contribution in [1.29, 1.82) is 0 Å². The van der Waals surface area contributed by atoms with Crippen LogP contribution in [-0.4, -0.2) is 60.1 Å². The van der Waals surface area contributed by atoms with Crippen LogP contribution in [0.3, 0.4) is 0 Å². The number of rotatable bonds is 0. The molecule has 4 aliphatic rings. The average Bonchev–Trinajstić information content (AvgIpc) is 2.43. The van der Waals surface area contributed by atoms with Crippen molar-refractivity contribution in [3.8, 4) is 0 Å². The van der Waals surface area contributed by atoms with Crippen molar-refractivity contribution in [3.05, 3.63) is 0 Å². The molecule has 4 fully saturated rings. The Morgan fingerprint density at radius 2 is 0.864 bits per heavy atom. The second kappa shape index (κ2) is 7.16. The molecule has 4 bridgehead atoms. The molecule has 22 heavy (non-hydrogen) atoms. The maximum Gasteiger partial charge on any atom is 0.0110 e. The Labute approximate surface area is 136 Å². The van der Waals surface area contributed by atoms with Crippen LogP contribution in [0, 0.1) is 0 Å². The lowest BCUT2D eigenvalue weighted by molar-refractivity contribution is 0.0569. The summed E-state index contributed by atoms with van der Waals surface area (Å²) in [5.74, 6) is 0. The van der Waals surface area contributed by atoms with Gasteiger partial charge in [0.15, 0.2) is 0 Å². The first-order chi connectivity index (χ1) is 10.5. The minimum atomic E-state index is 0.487. The number of nitrogens with zero attached hydrogens (tertiary/aromatic N) is 2. The van der Waals surface area contributed by atoms with Crippen LogP contribution >= 0.6 is 0 Å². The number of hydrogen-bond acceptors (Lipinski definition) is 4. The zero-order valence-corrected chi connectivity index (χ0v) is 14.6. The molecule has 0 aromatic rings. The molecule has 0 radical (unpaired) electrons. The lowest BCUT2D eigenvalue weighted by Gasteiger charge is -2.46. The molecule has 4 saturated heterocycles. The van der Waals surface area contributed by atoms with Crippen molar-refractivity contribution >= 4 is 0 Å². The van der Waals surface area contributed by atoms with Gasteiger partial charge in [0.1, 0.15) is 0 Å². The normalized spacial score (nSPS) is 45.8. The van der Waals surface area contributed by atoms with Crippen molar-refractivity contribution in [1.82, 2.24) is 9.80 Å². The van der Waals surface area contributed by atoms with Gasteiger partial charge in [-0.2, -0.15) is 0 Å². The molecule has 4 nitrogen and oxygen atoms in total. The molecule has 4 heteroatoms. The molecule has 4 aliphatic heterocycles. The fourth-order valence-electron chi connectivity index (χ4n) is 5.32. The highest BCUT2D eigenvalue weighted by molar-refractivity contribution is 4.92. The molecule has 0 aliphatic carbocycles. The third-order valence-corrected chi connectivity index (χ3v) is 6.75. The Bertz CT molecular complexity index is 299. The van der Waals surface area contributed by atoms with Crippen molar-refractivity contribution in [2.45, 2.75) is 100 Å². The molecule has 128 valence electrons. The van der Waals surface area contributed by atoms with E-state index >= 15 is 0 Å². The molecule has 0 amide bonds. The predicted octanol–water partition coefficient (Wildman–Crippen LogP) is 1.92. The van der Waals surface area contributed by atoms with Crippen LogP contribution in [0.1, 0.15) is 64.2 Å². The van der Waals surface area contributed by atoms with E-state index in [9.17, 15) is 0 Å². The van der Waals surface area contributed by atoms with Crippen LogP contribution in [0.4, 0.5) is 0 Å². The molecule has 4 rings (SSSR count). The SMILES string of the molecule is CN1[C@@H]2CCC[C@H]1CC(N)C2.CN1[C@@H]2CCC[C@H]1CC(N)C2. The summed E-state index contributed by atoms with van der Waals surface area (Å²) in [5, 5.41) is 0. The second-order valence-corrected chi connectivity index (χ2v) is 8.27. The van der Waals surface area contributed by atoms with Gasteiger partial charge in [0.05, 0.1) is 0 Å². The number of fused-ring (bicyclic) bond motifs is 4. The van der Waals surface area contributed by atoms with Crippen LogP contribution in [0.5, 0.6) is 0 Å². The van der Waals surface area contributed by atoms with E-state index in [4.69, 9.17) is 11.5 Å². The predicted molar refractivity (Wildman–Crippen MR) is 92.8 cm³/mol. The Morgan fingerprint density at radius 1 is 0.591 bits per heavy atom. The average molecular weight is 309 g/mol. The number of hydrogen-bond donors (Lipinski definition) is 2. The van der Waals surface area contributed by atoms with Gasteiger partial charge in [0.25, 0.3) is 0 Å². The molecule has 0 saturated carbocycles. The van der Waals surface area contributed by atoms with Gasteiger partial charge in [-0.15, -0.1) is 0 Å². The van der Waals surface area contributed by atoms with E-state index in [1.54, 1.807) is 0 Å². The summed E-state index contributed by atoms with van der Waals surface area (Å²) in [7, 11) is 4.53. The van der Waals surface area contributed by atoms with E-state index in [2.05, 4.69) is 23.9 Å². The topological polar surface area (TPSA) is 58.5 Å². The maximum atomic E-state index is 5.96. The highest BCUT2D eigenvalue weighted by Crippen LogP contribution is 2.32. The van der Waals surface area contributed by atoms with Gasteiger partial charge >= 0.3 is 0 Å². The zero-order chi connectivity index (χ0) is 15.7. The van der Waals surface area contributed by atoms with Crippen molar-refractivity contribution in [2.24, 2.45) is 11.5 Å². The van der Waals surface area contributed by atoms with Gasteiger partial charge in [-0.3, -0.25) is 0 Å². The molecule has 4 N–H and O–H groups in total. The van der Waals surface area contributed by atoms with E-state index in [0.29, 0.717) is 12.1 Å². The lowest BCUT2D eigenvalue weighted by atomic mass is 9.83. The first kappa shape index (κ1) is 16.7. The maximum absolute atomic E-state index is 5.96. The van der Waals surface area contributed by atoms with Gasteiger partial charge in [0.2, 0.25) is 0 Å². The van der Waals surface area contributed by atoms with Gasteiger partial charge in [-0.05, 0) is 65.5 Å². The van der Waals surface area contributed by atoms with Crippen LogP contribution in [-0.2, 0) is 0 Å². The molecular weight excluding hydrogens is 272 g/mol. The monoisotopic (exact) mass is 308 g/mol. The van der Waals surface area contributed by atoms with E-state index in [1.807, 2.05) is 0 Å². The summed E-state index contributed by atoms with van der Waals surface area (Å²) in [4.78, 5) is 5.10. The smallest absolute Gasteiger partial charge is 0.0110 e. The summed E-state index contributed by atoms with van der Waals surface area (Å²) in [6, 6.07) is 4.19. The van der Waals surface area contributed by atoms with Crippen LogP contribution in [0.2, 0.25) is 0 Å². The summed E-state index contributed by atoms with van der Waals surface area (Å²) < 4.78 is 0. The van der Waals surface area contributed by atoms with Gasteiger partial charge in [-0.25, -0.2) is 0 Å². The Kier molecular flexibility index (Phi) is 5.43. The van der Waals surface area contributed by atoms with E-state index in [-0.39, 0.29) is 0 Å². The molecule has 0 spiro atoms. The molecule has 0 aromatic heterocycles. The number of nitrogens with two attached hydrogens (primary N) is 2. The van der Waals surface area contributed by atoms with Gasteiger partial charge in [0, 0.05) is 36.3 Å². The van der Waals surface area contributed by atoms with Crippen molar-refractivity contribution in [2.75, 3.05) is 14.1 Å². The summed E-state index contributed by atoms with van der Waals surface area (Å²) >= 11 is 0. The van der Waals surface area contributed by atoms with E-state index in [1.165, 1.54) is 64.2 Å². The van der Waals surface area contributed by atoms with Crippen LogP contribution in [0.25, 0.3) is 0 Å². The summed E-state index contributed by atoms with van der Waals surface area (Å²) in [6.07, 6.45) is 13.3. The van der Waals surface area contributed by atoms with Crippen molar-refractivity contribution < 1.29 is 0 Å². The minimum Gasteiger partial charge on any atom is -0.328 e. The largest absolute Gasteiger partial charge is 0.328 e. The molecule has 0 aromatic carbocycles. The van der Waals surface area contributed by atoms with E-state index in [0.717, 1.165) is 24.2 Å². The van der Waals surface area contributed by atoms with Gasteiger partial charge in [-0.1, -0.05) is 12.8 Å². The third-order valence-electron chi connectivity index (χ3n) is 6.75. The molecular formula is C18H36N4. The van der Waals surface area contributed by atoms with E-state index < -0.39 is 0 Å². The Hall–Kier alpha value is -0.160. The fraction of sp³-hybridized carbons (Fsp3) is 1.00. The minimum absolute atomic E-state index is 0.487. The van der Waals surface area contributed by atoms with Crippen LogP contribution < -0.4 is 11.5 Å². The lowest BCUT2D eigenvalue weighted by Crippen LogP contribution is -2.53. The Morgan fingerprint density at radius 3 is 1.14 bits per heavy atom. The Balaban J connectivity index is 0.000000131. The molecule has 6 atom stereocenters. The highest BCUT2D eigenvalue weighted by Gasteiger charge is 2.35. The molecule has 2 unspecified atom stereocenters. The standard InChI is InChI=1S/2C9H18N2/c2*1-11-8-3-2-4-9(11)6-7(10)5-8/h2*7-9H,2-6,10H2,1H3/t2*7?,8-,9+. The number of piperidine rings is 4. The second-order valence-electron chi connectivity index (χ2n) is 8.27. The summed E-state index contributed by atoms with van der Waals surface area (Å²) in [5.41, 5.74) is 11.9. The first-order valence-corrected chi connectivity index (χ1v) is 9.49.